The van der Waals surface area contributed by atoms with Crippen molar-refractivity contribution in [2.24, 2.45) is 11.7 Å². The van der Waals surface area contributed by atoms with Gasteiger partial charge in [-0.25, -0.2) is 0 Å². The third kappa shape index (κ3) is 6.34. The van der Waals surface area contributed by atoms with E-state index >= 15 is 0 Å². The van der Waals surface area contributed by atoms with Crippen molar-refractivity contribution in [2.45, 2.75) is 44.7 Å². The summed E-state index contributed by atoms with van der Waals surface area (Å²) < 4.78 is 5.21. The zero-order chi connectivity index (χ0) is 15.2. The van der Waals surface area contributed by atoms with E-state index in [-0.39, 0.29) is 30.7 Å². The SMILES string of the molecule is CN(C)C(CNC(=O)c1coc(CN)c1)C1CCCCC1.Cl.Cl. The molecule has 1 aromatic rings. The van der Waals surface area contributed by atoms with Gasteiger partial charge < -0.3 is 20.4 Å². The Labute approximate surface area is 151 Å². The molecule has 2 rings (SSSR count). The fourth-order valence-electron chi connectivity index (χ4n) is 3.20. The first kappa shape index (κ1) is 22.2. The van der Waals surface area contributed by atoms with Crippen LogP contribution in [0.1, 0.15) is 48.2 Å². The van der Waals surface area contributed by atoms with Crippen molar-refractivity contribution >= 4 is 30.7 Å². The normalized spacial score (nSPS) is 16.3. The first-order chi connectivity index (χ1) is 10.1. The van der Waals surface area contributed by atoms with Gasteiger partial charge in [-0.05, 0) is 38.9 Å². The highest BCUT2D eigenvalue weighted by molar-refractivity contribution is 5.93. The van der Waals surface area contributed by atoms with Crippen LogP contribution in [0.5, 0.6) is 0 Å². The van der Waals surface area contributed by atoms with Crippen molar-refractivity contribution in [3.63, 3.8) is 0 Å². The third-order valence-electron chi connectivity index (χ3n) is 4.45. The first-order valence-corrected chi connectivity index (χ1v) is 7.84. The lowest BCUT2D eigenvalue weighted by molar-refractivity contribution is 0.0921. The highest BCUT2D eigenvalue weighted by Crippen LogP contribution is 2.28. The molecule has 1 fully saturated rings. The predicted molar refractivity (Wildman–Crippen MR) is 97.5 cm³/mol. The van der Waals surface area contributed by atoms with Gasteiger partial charge >= 0.3 is 0 Å². The van der Waals surface area contributed by atoms with Crippen LogP contribution in [0.15, 0.2) is 16.7 Å². The number of likely N-dealkylation sites (N-methyl/N-ethyl adjacent to an activating group) is 1. The average molecular weight is 366 g/mol. The molecular weight excluding hydrogens is 337 g/mol. The molecule has 1 aliphatic rings. The van der Waals surface area contributed by atoms with Crippen LogP contribution in [0.3, 0.4) is 0 Å². The van der Waals surface area contributed by atoms with E-state index in [0.29, 0.717) is 36.4 Å². The highest BCUT2D eigenvalue weighted by Gasteiger charge is 2.25. The standard InChI is InChI=1S/C16H27N3O2.2ClH/c1-19(2)15(12-6-4-3-5-7-12)10-18-16(20)13-8-14(9-17)21-11-13;;/h8,11-12,15H,3-7,9-10,17H2,1-2H3,(H,18,20);2*1H. The van der Waals surface area contributed by atoms with E-state index in [0.717, 1.165) is 0 Å². The van der Waals surface area contributed by atoms with Gasteiger partial charge in [0.2, 0.25) is 0 Å². The molecule has 1 aliphatic carbocycles. The number of carbonyl (C=O) groups excluding carboxylic acids is 1. The van der Waals surface area contributed by atoms with Crippen LogP contribution in [0.2, 0.25) is 0 Å². The number of halogens is 2. The molecule has 1 saturated carbocycles. The summed E-state index contributed by atoms with van der Waals surface area (Å²) in [5, 5.41) is 3.03. The van der Waals surface area contributed by atoms with E-state index in [1.807, 2.05) is 0 Å². The van der Waals surface area contributed by atoms with E-state index < -0.39 is 0 Å². The van der Waals surface area contributed by atoms with Gasteiger partial charge in [0.1, 0.15) is 12.0 Å². The molecule has 7 heteroatoms. The zero-order valence-electron chi connectivity index (χ0n) is 13.9. The van der Waals surface area contributed by atoms with E-state index in [1.54, 1.807) is 6.07 Å². The van der Waals surface area contributed by atoms with Crippen LogP contribution in [0.25, 0.3) is 0 Å². The largest absolute Gasteiger partial charge is 0.467 e. The summed E-state index contributed by atoms with van der Waals surface area (Å²) >= 11 is 0. The number of nitrogens with zero attached hydrogens (tertiary/aromatic N) is 1. The van der Waals surface area contributed by atoms with E-state index in [4.69, 9.17) is 10.2 Å². The minimum Gasteiger partial charge on any atom is -0.467 e. The molecule has 0 aromatic carbocycles. The molecular formula is C16H29Cl2N3O2. The molecule has 5 nitrogen and oxygen atoms in total. The summed E-state index contributed by atoms with van der Waals surface area (Å²) in [4.78, 5) is 14.4. The topological polar surface area (TPSA) is 71.5 Å². The molecule has 1 heterocycles. The molecule has 134 valence electrons. The zero-order valence-corrected chi connectivity index (χ0v) is 15.5. The molecule has 0 saturated heterocycles. The molecule has 1 amide bonds. The maximum absolute atomic E-state index is 12.2. The predicted octanol–water partition coefficient (Wildman–Crippen LogP) is 2.82. The van der Waals surface area contributed by atoms with E-state index in [2.05, 4.69) is 24.3 Å². The maximum atomic E-state index is 12.2. The number of amides is 1. The second-order valence-corrected chi connectivity index (χ2v) is 6.14. The highest BCUT2D eigenvalue weighted by atomic mass is 35.5. The summed E-state index contributed by atoms with van der Waals surface area (Å²) in [6, 6.07) is 2.11. The van der Waals surface area contributed by atoms with Gasteiger partial charge in [-0.15, -0.1) is 24.8 Å². The van der Waals surface area contributed by atoms with Crippen molar-refractivity contribution in [3.05, 3.63) is 23.7 Å². The lowest BCUT2D eigenvalue weighted by Crippen LogP contribution is -2.45. The Balaban J connectivity index is 0.00000242. The first-order valence-electron chi connectivity index (χ1n) is 7.84. The molecule has 3 N–H and O–H groups in total. The minimum atomic E-state index is -0.0823. The molecule has 1 unspecified atom stereocenters. The molecule has 1 atom stereocenters. The second kappa shape index (κ2) is 10.9. The van der Waals surface area contributed by atoms with E-state index in [9.17, 15) is 4.79 Å². The van der Waals surface area contributed by atoms with Crippen LogP contribution in [-0.4, -0.2) is 37.5 Å². The number of nitrogens with one attached hydrogen (secondary N) is 1. The van der Waals surface area contributed by atoms with Crippen LogP contribution in [0, 0.1) is 5.92 Å². The van der Waals surface area contributed by atoms with Gasteiger partial charge in [0.15, 0.2) is 0 Å². The maximum Gasteiger partial charge on any atom is 0.254 e. The Morgan fingerprint density at radius 1 is 1.35 bits per heavy atom. The summed E-state index contributed by atoms with van der Waals surface area (Å²) in [5.41, 5.74) is 6.04. The summed E-state index contributed by atoms with van der Waals surface area (Å²) in [5.74, 6) is 1.23. The lowest BCUT2D eigenvalue weighted by atomic mass is 9.83. The number of carbonyl (C=O) groups is 1. The number of hydrogen-bond donors (Lipinski definition) is 2. The van der Waals surface area contributed by atoms with Crippen LogP contribution < -0.4 is 11.1 Å². The van der Waals surface area contributed by atoms with Gasteiger partial charge in [0.05, 0.1) is 12.1 Å². The quantitative estimate of drug-likeness (QED) is 0.812. The summed E-state index contributed by atoms with van der Waals surface area (Å²) in [7, 11) is 4.19. The van der Waals surface area contributed by atoms with Crippen molar-refractivity contribution in [2.75, 3.05) is 20.6 Å². The molecule has 0 spiro atoms. The molecule has 23 heavy (non-hydrogen) atoms. The van der Waals surface area contributed by atoms with Gasteiger partial charge in [-0.2, -0.15) is 0 Å². The van der Waals surface area contributed by atoms with Crippen molar-refractivity contribution in [3.8, 4) is 0 Å². The van der Waals surface area contributed by atoms with Crippen molar-refractivity contribution in [1.82, 2.24) is 10.2 Å². The van der Waals surface area contributed by atoms with Gasteiger partial charge in [-0.1, -0.05) is 19.3 Å². The summed E-state index contributed by atoms with van der Waals surface area (Å²) in [6.45, 7) is 0.995. The van der Waals surface area contributed by atoms with E-state index in [1.165, 1.54) is 38.4 Å². The smallest absolute Gasteiger partial charge is 0.254 e. The second-order valence-electron chi connectivity index (χ2n) is 6.14. The molecule has 0 aliphatic heterocycles. The Morgan fingerprint density at radius 2 is 2.00 bits per heavy atom. The van der Waals surface area contributed by atoms with Gasteiger partial charge in [0.25, 0.3) is 5.91 Å². The lowest BCUT2D eigenvalue weighted by Gasteiger charge is -2.34. The fraction of sp³-hybridized carbons (Fsp3) is 0.688. The van der Waals surface area contributed by atoms with Crippen LogP contribution >= 0.6 is 24.8 Å². The third-order valence-corrected chi connectivity index (χ3v) is 4.45. The number of furan rings is 1. The molecule has 0 bridgehead atoms. The Hall–Kier alpha value is -0.750. The number of hydrogen-bond acceptors (Lipinski definition) is 4. The van der Waals surface area contributed by atoms with Gasteiger partial charge in [-0.3, -0.25) is 4.79 Å². The molecule has 0 radical (unpaired) electrons. The average Bonchev–Trinajstić information content (AvgIpc) is 2.97. The van der Waals surface area contributed by atoms with Crippen LogP contribution in [-0.2, 0) is 6.54 Å². The number of nitrogens with two attached hydrogens (primary N) is 1. The van der Waals surface area contributed by atoms with Crippen molar-refractivity contribution in [1.29, 1.82) is 0 Å². The Kier molecular flexibility index (Phi) is 10.6. The number of rotatable bonds is 6. The van der Waals surface area contributed by atoms with Crippen molar-refractivity contribution < 1.29 is 9.21 Å². The molecule has 1 aromatic heterocycles. The van der Waals surface area contributed by atoms with Gasteiger partial charge in [0, 0.05) is 12.6 Å². The van der Waals surface area contributed by atoms with Crippen LogP contribution in [0.4, 0.5) is 0 Å². The Morgan fingerprint density at radius 3 is 2.52 bits per heavy atom. The monoisotopic (exact) mass is 365 g/mol. The fourth-order valence-corrected chi connectivity index (χ4v) is 3.20. The minimum absolute atomic E-state index is 0. The Bertz CT molecular complexity index is 460. The summed E-state index contributed by atoms with van der Waals surface area (Å²) in [6.07, 6.45) is 7.97.